The second-order valence-electron chi connectivity index (χ2n) is 4.82. The summed E-state index contributed by atoms with van der Waals surface area (Å²) < 4.78 is 5.10. The van der Waals surface area contributed by atoms with Crippen LogP contribution in [0.2, 0.25) is 5.02 Å². The minimum Gasteiger partial charge on any atom is -0.497 e. The van der Waals surface area contributed by atoms with E-state index in [1.165, 1.54) is 0 Å². The predicted molar refractivity (Wildman–Crippen MR) is 75.8 cm³/mol. The Hall–Kier alpha value is -1.26. The Morgan fingerprint density at radius 2 is 2.00 bits per heavy atom. The normalized spacial score (nSPS) is 16.5. The first-order valence-electron chi connectivity index (χ1n) is 6.39. The van der Waals surface area contributed by atoms with Gasteiger partial charge in [-0.1, -0.05) is 17.7 Å². The van der Waals surface area contributed by atoms with Gasteiger partial charge in [-0.05, 0) is 24.7 Å². The molecule has 0 saturated carbocycles. The van der Waals surface area contributed by atoms with Gasteiger partial charge < -0.3 is 14.5 Å². The van der Waals surface area contributed by atoms with Gasteiger partial charge in [0.15, 0.2) is 0 Å². The Morgan fingerprint density at radius 1 is 1.32 bits per heavy atom. The van der Waals surface area contributed by atoms with Crippen molar-refractivity contribution in [2.75, 3.05) is 40.3 Å². The van der Waals surface area contributed by atoms with E-state index in [0.29, 0.717) is 17.2 Å². The van der Waals surface area contributed by atoms with Crippen LogP contribution in [0.15, 0.2) is 18.2 Å². The highest BCUT2D eigenvalue weighted by Gasteiger charge is 2.19. The number of carbonyl (C=O) groups is 1. The molecule has 0 atom stereocenters. The maximum absolute atomic E-state index is 12.2. The van der Waals surface area contributed by atoms with Gasteiger partial charge in [0, 0.05) is 31.2 Å². The number of rotatable bonds is 3. The van der Waals surface area contributed by atoms with Crippen LogP contribution in [0.4, 0.5) is 0 Å². The lowest BCUT2D eigenvalue weighted by Crippen LogP contribution is -2.47. The van der Waals surface area contributed by atoms with E-state index < -0.39 is 0 Å². The van der Waals surface area contributed by atoms with Gasteiger partial charge in [-0.15, -0.1) is 0 Å². The lowest BCUT2D eigenvalue weighted by atomic mass is 10.1. The van der Waals surface area contributed by atoms with Crippen LogP contribution in [0, 0.1) is 0 Å². The van der Waals surface area contributed by atoms with Crippen LogP contribution in [-0.2, 0) is 11.2 Å². The summed E-state index contributed by atoms with van der Waals surface area (Å²) in [4.78, 5) is 16.3. The summed E-state index contributed by atoms with van der Waals surface area (Å²) in [6.45, 7) is 3.45. The third kappa shape index (κ3) is 3.61. The van der Waals surface area contributed by atoms with Crippen LogP contribution < -0.4 is 4.74 Å². The molecule has 0 N–H and O–H groups in total. The van der Waals surface area contributed by atoms with Gasteiger partial charge >= 0.3 is 0 Å². The SMILES string of the molecule is COc1ccc(CC(=O)N2CCN(C)CC2)c(Cl)c1. The zero-order valence-corrected chi connectivity index (χ0v) is 12.1. The van der Waals surface area contributed by atoms with Crippen LogP contribution in [0.1, 0.15) is 5.56 Å². The number of piperazine rings is 1. The predicted octanol–water partition coefficient (Wildman–Crippen LogP) is 1.67. The number of carbonyl (C=O) groups excluding carboxylic acids is 1. The molecule has 1 aliphatic heterocycles. The van der Waals surface area contributed by atoms with Crippen molar-refractivity contribution in [1.29, 1.82) is 0 Å². The number of benzene rings is 1. The van der Waals surface area contributed by atoms with Crippen molar-refractivity contribution in [2.24, 2.45) is 0 Å². The average molecular weight is 283 g/mol. The van der Waals surface area contributed by atoms with Crippen molar-refractivity contribution in [3.8, 4) is 5.75 Å². The zero-order chi connectivity index (χ0) is 13.8. The summed E-state index contributed by atoms with van der Waals surface area (Å²) in [5.74, 6) is 0.848. The number of halogens is 1. The monoisotopic (exact) mass is 282 g/mol. The number of ether oxygens (including phenoxy) is 1. The Kier molecular flexibility index (Phi) is 4.66. The van der Waals surface area contributed by atoms with Crippen LogP contribution in [0.5, 0.6) is 5.75 Å². The maximum Gasteiger partial charge on any atom is 0.227 e. The van der Waals surface area contributed by atoms with E-state index in [1.807, 2.05) is 17.0 Å². The van der Waals surface area contributed by atoms with Gasteiger partial charge in [-0.3, -0.25) is 4.79 Å². The van der Waals surface area contributed by atoms with Gasteiger partial charge in [-0.2, -0.15) is 0 Å². The molecule has 2 rings (SSSR count). The number of nitrogens with zero attached hydrogens (tertiary/aromatic N) is 2. The van der Waals surface area contributed by atoms with Crippen molar-refractivity contribution in [3.05, 3.63) is 28.8 Å². The van der Waals surface area contributed by atoms with Gasteiger partial charge in [0.05, 0.1) is 13.5 Å². The standard InChI is InChI=1S/C14H19ClN2O2/c1-16-5-7-17(8-6-16)14(18)9-11-3-4-12(19-2)10-13(11)15/h3-4,10H,5-9H2,1-2H3. The number of methoxy groups -OCH3 is 1. The quantitative estimate of drug-likeness (QED) is 0.845. The molecule has 0 radical (unpaired) electrons. The van der Waals surface area contributed by atoms with Crippen molar-refractivity contribution in [3.63, 3.8) is 0 Å². The molecule has 0 bridgehead atoms. The summed E-state index contributed by atoms with van der Waals surface area (Å²) in [5.41, 5.74) is 0.853. The third-order valence-corrected chi connectivity index (χ3v) is 3.81. The van der Waals surface area contributed by atoms with E-state index in [9.17, 15) is 4.79 Å². The summed E-state index contributed by atoms with van der Waals surface area (Å²) in [6, 6.07) is 5.43. The van der Waals surface area contributed by atoms with E-state index in [1.54, 1.807) is 13.2 Å². The Bertz CT molecular complexity index is 457. The molecular weight excluding hydrogens is 264 g/mol. The van der Waals surface area contributed by atoms with Gasteiger partial charge in [0.25, 0.3) is 0 Å². The van der Waals surface area contributed by atoms with Crippen LogP contribution in [0.3, 0.4) is 0 Å². The molecule has 0 spiro atoms. The molecule has 1 amide bonds. The Morgan fingerprint density at radius 3 is 2.58 bits per heavy atom. The van der Waals surface area contributed by atoms with E-state index in [0.717, 1.165) is 31.7 Å². The molecule has 5 heteroatoms. The molecule has 0 aromatic heterocycles. The fourth-order valence-electron chi connectivity index (χ4n) is 2.13. The number of amides is 1. The summed E-state index contributed by atoms with van der Waals surface area (Å²) in [6.07, 6.45) is 0.354. The molecule has 1 heterocycles. The number of hydrogen-bond donors (Lipinski definition) is 0. The van der Waals surface area contributed by atoms with E-state index >= 15 is 0 Å². The highest BCUT2D eigenvalue weighted by Crippen LogP contribution is 2.23. The Labute approximate surface area is 118 Å². The zero-order valence-electron chi connectivity index (χ0n) is 11.4. The highest BCUT2D eigenvalue weighted by atomic mass is 35.5. The van der Waals surface area contributed by atoms with Crippen molar-refractivity contribution >= 4 is 17.5 Å². The number of likely N-dealkylation sites (N-methyl/N-ethyl adjacent to an activating group) is 1. The second-order valence-corrected chi connectivity index (χ2v) is 5.23. The highest BCUT2D eigenvalue weighted by molar-refractivity contribution is 6.31. The van der Waals surface area contributed by atoms with Gasteiger partial charge in [0.1, 0.15) is 5.75 Å². The molecule has 0 unspecified atom stereocenters. The van der Waals surface area contributed by atoms with Crippen molar-refractivity contribution in [2.45, 2.75) is 6.42 Å². The molecule has 1 aromatic carbocycles. The Balaban J connectivity index is 1.99. The molecule has 4 nitrogen and oxygen atoms in total. The molecule has 1 saturated heterocycles. The van der Waals surface area contributed by atoms with Crippen LogP contribution in [-0.4, -0.2) is 56.0 Å². The molecular formula is C14H19ClN2O2. The summed E-state index contributed by atoms with van der Waals surface area (Å²) in [5, 5.41) is 0.585. The average Bonchev–Trinajstić information content (AvgIpc) is 2.41. The summed E-state index contributed by atoms with van der Waals surface area (Å²) in [7, 11) is 3.67. The minimum atomic E-state index is 0.139. The maximum atomic E-state index is 12.2. The van der Waals surface area contributed by atoms with Gasteiger partial charge in [-0.25, -0.2) is 0 Å². The lowest BCUT2D eigenvalue weighted by Gasteiger charge is -2.32. The third-order valence-electron chi connectivity index (χ3n) is 3.46. The molecule has 1 aliphatic rings. The fourth-order valence-corrected chi connectivity index (χ4v) is 2.37. The van der Waals surface area contributed by atoms with E-state index in [4.69, 9.17) is 16.3 Å². The fraction of sp³-hybridized carbons (Fsp3) is 0.500. The smallest absolute Gasteiger partial charge is 0.227 e. The van der Waals surface area contributed by atoms with Gasteiger partial charge in [0.2, 0.25) is 5.91 Å². The minimum absolute atomic E-state index is 0.139. The largest absolute Gasteiger partial charge is 0.497 e. The first-order valence-corrected chi connectivity index (χ1v) is 6.76. The van der Waals surface area contributed by atoms with E-state index in [-0.39, 0.29) is 5.91 Å². The van der Waals surface area contributed by atoms with Crippen LogP contribution in [0.25, 0.3) is 0 Å². The van der Waals surface area contributed by atoms with Crippen LogP contribution >= 0.6 is 11.6 Å². The van der Waals surface area contributed by atoms with Crippen molar-refractivity contribution < 1.29 is 9.53 Å². The first-order chi connectivity index (χ1) is 9.10. The second kappa shape index (κ2) is 6.26. The number of hydrogen-bond acceptors (Lipinski definition) is 3. The molecule has 104 valence electrons. The lowest BCUT2D eigenvalue weighted by molar-refractivity contribution is -0.132. The molecule has 1 fully saturated rings. The topological polar surface area (TPSA) is 32.8 Å². The van der Waals surface area contributed by atoms with Crippen molar-refractivity contribution in [1.82, 2.24) is 9.80 Å². The molecule has 0 aliphatic carbocycles. The first kappa shape index (κ1) is 14.2. The molecule has 19 heavy (non-hydrogen) atoms. The summed E-state index contributed by atoms with van der Waals surface area (Å²) >= 11 is 6.16. The van der Waals surface area contributed by atoms with E-state index in [2.05, 4.69) is 11.9 Å². The molecule has 1 aromatic rings.